The average molecular weight is 402 g/mol. The summed E-state index contributed by atoms with van der Waals surface area (Å²) in [5, 5.41) is 5.80. The van der Waals surface area contributed by atoms with E-state index in [1.54, 1.807) is 36.4 Å². The second-order valence-electron chi connectivity index (χ2n) is 7.46. The first-order valence-electron chi connectivity index (χ1n) is 10.0. The number of carbonyl (C=O) groups is 2. The Labute approximate surface area is 176 Å². The van der Waals surface area contributed by atoms with E-state index in [2.05, 4.69) is 24.5 Å². The van der Waals surface area contributed by atoms with E-state index < -0.39 is 0 Å². The van der Waals surface area contributed by atoms with Crippen molar-refractivity contribution >= 4 is 17.9 Å². The maximum absolute atomic E-state index is 13.2. The molecule has 3 aromatic rings. The summed E-state index contributed by atoms with van der Waals surface area (Å²) in [6.07, 6.45) is 3.83. The molecule has 1 heterocycles. The molecule has 5 heteroatoms. The Morgan fingerprint density at radius 3 is 2.20 bits per heavy atom. The monoisotopic (exact) mass is 402 g/mol. The number of rotatable bonds is 8. The predicted molar refractivity (Wildman–Crippen MR) is 117 cm³/mol. The van der Waals surface area contributed by atoms with Crippen molar-refractivity contribution in [3.05, 3.63) is 102 Å². The maximum Gasteiger partial charge on any atom is 0.268 e. The van der Waals surface area contributed by atoms with Gasteiger partial charge in [0.2, 0.25) is 0 Å². The zero-order chi connectivity index (χ0) is 21.3. The van der Waals surface area contributed by atoms with Crippen LogP contribution >= 0.6 is 0 Å². The van der Waals surface area contributed by atoms with Gasteiger partial charge in [-0.15, -0.1) is 0 Å². The Balaban J connectivity index is 1.84. The summed E-state index contributed by atoms with van der Waals surface area (Å²) in [6, 6.07) is 21.9. The summed E-state index contributed by atoms with van der Waals surface area (Å²) < 4.78 is 5.35. The van der Waals surface area contributed by atoms with Gasteiger partial charge >= 0.3 is 0 Å². The number of nitrogens with one attached hydrogen (secondary N) is 2. The standard InChI is InChI=1S/C25H26N2O3/c1-18(2)16-22(19-10-5-3-6-11-19)26-25(29)23(17-21-14-9-15-30-21)27-24(28)20-12-7-4-8-13-20/h3-15,17-18,22H,16H2,1-2H3,(H,26,29)(H,27,28)/b23-17-. The molecule has 0 saturated heterocycles. The van der Waals surface area contributed by atoms with Crippen LogP contribution in [0.3, 0.4) is 0 Å². The van der Waals surface area contributed by atoms with Crippen LogP contribution in [0.15, 0.2) is 89.2 Å². The van der Waals surface area contributed by atoms with Crippen LogP contribution in [0.2, 0.25) is 0 Å². The van der Waals surface area contributed by atoms with Gasteiger partial charge in [-0.05, 0) is 42.2 Å². The molecule has 154 valence electrons. The molecule has 1 aromatic heterocycles. The second-order valence-corrected chi connectivity index (χ2v) is 7.46. The highest BCUT2D eigenvalue weighted by Crippen LogP contribution is 2.21. The van der Waals surface area contributed by atoms with E-state index in [4.69, 9.17) is 4.42 Å². The Morgan fingerprint density at radius 1 is 0.933 bits per heavy atom. The summed E-state index contributed by atoms with van der Waals surface area (Å²) >= 11 is 0. The zero-order valence-electron chi connectivity index (χ0n) is 17.2. The third kappa shape index (κ3) is 5.95. The van der Waals surface area contributed by atoms with Gasteiger partial charge in [0, 0.05) is 11.6 Å². The molecule has 0 bridgehead atoms. The minimum atomic E-state index is -0.370. The van der Waals surface area contributed by atoms with E-state index in [0.717, 1.165) is 12.0 Å². The molecule has 0 aliphatic carbocycles. The lowest BCUT2D eigenvalue weighted by Gasteiger charge is -2.22. The van der Waals surface area contributed by atoms with E-state index in [1.165, 1.54) is 12.3 Å². The fourth-order valence-electron chi connectivity index (χ4n) is 3.13. The maximum atomic E-state index is 13.2. The molecule has 3 rings (SSSR count). The van der Waals surface area contributed by atoms with Crippen LogP contribution in [0.5, 0.6) is 0 Å². The largest absolute Gasteiger partial charge is 0.465 e. The molecule has 2 N–H and O–H groups in total. The fraction of sp³-hybridized carbons (Fsp3) is 0.200. The summed E-state index contributed by atoms with van der Waals surface area (Å²) in [5.74, 6) is 0.134. The van der Waals surface area contributed by atoms with E-state index >= 15 is 0 Å². The molecule has 0 fully saturated rings. The Morgan fingerprint density at radius 2 is 1.60 bits per heavy atom. The van der Waals surface area contributed by atoms with Gasteiger partial charge in [-0.1, -0.05) is 62.4 Å². The number of benzene rings is 2. The lowest BCUT2D eigenvalue weighted by atomic mass is 9.97. The number of hydrogen-bond donors (Lipinski definition) is 2. The normalized spacial score (nSPS) is 12.4. The highest BCUT2D eigenvalue weighted by atomic mass is 16.3. The first-order valence-corrected chi connectivity index (χ1v) is 10.0. The molecule has 2 amide bonds. The highest BCUT2D eigenvalue weighted by Gasteiger charge is 2.21. The van der Waals surface area contributed by atoms with Crippen LogP contribution in [0, 0.1) is 5.92 Å². The second kappa shape index (κ2) is 10.3. The number of carbonyl (C=O) groups excluding carboxylic acids is 2. The Bertz CT molecular complexity index is 978. The third-order valence-corrected chi connectivity index (χ3v) is 4.57. The molecular weight excluding hydrogens is 376 g/mol. The Hall–Kier alpha value is -3.60. The Kier molecular flexibility index (Phi) is 7.22. The van der Waals surface area contributed by atoms with Gasteiger partial charge in [0.25, 0.3) is 11.8 Å². The average Bonchev–Trinajstić information content (AvgIpc) is 3.27. The van der Waals surface area contributed by atoms with Crippen molar-refractivity contribution in [2.75, 3.05) is 0 Å². The molecule has 0 radical (unpaired) electrons. The molecule has 0 aliphatic rings. The molecule has 0 aliphatic heterocycles. The molecule has 0 saturated carbocycles. The van der Waals surface area contributed by atoms with Crippen molar-refractivity contribution in [2.45, 2.75) is 26.3 Å². The summed E-state index contributed by atoms with van der Waals surface area (Å²) in [5.41, 5.74) is 1.62. The van der Waals surface area contributed by atoms with Gasteiger partial charge in [-0.25, -0.2) is 0 Å². The molecule has 2 aromatic carbocycles. The van der Waals surface area contributed by atoms with Crippen molar-refractivity contribution in [3.63, 3.8) is 0 Å². The van der Waals surface area contributed by atoms with Crippen LogP contribution < -0.4 is 10.6 Å². The lowest BCUT2D eigenvalue weighted by molar-refractivity contribution is -0.118. The van der Waals surface area contributed by atoms with Crippen LogP contribution in [-0.4, -0.2) is 11.8 Å². The van der Waals surface area contributed by atoms with Crippen molar-refractivity contribution in [3.8, 4) is 0 Å². The molecular formula is C25H26N2O3. The minimum Gasteiger partial charge on any atom is -0.465 e. The van der Waals surface area contributed by atoms with E-state index in [1.807, 2.05) is 36.4 Å². The van der Waals surface area contributed by atoms with Gasteiger partial charge < -0.3 is 15.1 Å². The summed E-state index contributed by atoms with van der Waals surface area (Å²) in [4.78, 5) is 25.8. The van der Waals surface area contributed by atoms with Gasteiger partial charge in [0.05, 0.1) is 12.3 Å². The summed E-state index contributed by atoms with van der Waals surface area (Å²) in [6.45, 7) is 4.22. The molecule has 1 unspecified atom stereocenters. The minimum absolute atomic E-state index is 0.128. The smallest absolute Gasteiger partial charge is 0.268 e. The number of furan rings is 1. The van der Waals surface area contributed by atoms with Crippen molar-refractivity contribution in [1.29, 1.82) is 0 Å². The quantitative estimate of drug-likeness (QED) is 0.524. The summed E-state index contributed by atoms with van der Waals surface area (Å²) in [7, 11) is 0. The third-order valence-electron chi connectivity index (χ3n) is 4.57. The van der Waals surface area contributed by atoms with E-state index in [9.17, 15) is 9.59 Å². The first-order chi connectivity index (χ1) is 14.5. The van der Waals surface area contributed by atoms with Gasteiger partial charge in [-0.2, -0.15) is 0 Å². The fourth-order valence-corrected chi connectivity index (χ4v) is 3.13. The van der Waals surface area contributed by atoms with Crippen molar-refractivity contribution in [1.82, 2.24) is 10.6 Å². The SMILES string of the molecule is CC(C)CC(NC(=O)/C(=C/c1ccco1)NC(=O)c1ccccc1)c1ccccc1. The van der Waals surface area contributed by atoms with Crippen LogP contribution in [0.1, 0.15) is 48.0 Å². The number of hydrogen-bond acceptors (Lipinski definition) is 3. The lowest BCUT2D eigenvalue weighted by Crippen LogP contribution is -2.37. The van der Waals surface area contributed by atoms with Crippen molar-refractivity contribution < 1.29 is 14.0 Å². The number of amides is 2. The molecule has 0 spiro atoms. The zero-order valence-corrected chi connectivity index (χ0v) is 17.2. The first kappa shape index (κ1) is 21.1. The van der Waals surface area contributed by atoms with E-state index in [0.29, 0.717) is 17.2 Å². The predicted octanol–water partition coefficient (Wildman–Crippen LogP) is 4.95. The van der Waals surface area contributed by atoms with E-state index in [-0.39, 0.29) is 23.6 Å². The van der Waals surface area contributed by atoms with Crippen LogP contribution in [0.25, 0.3) is 6.08 Å². The van der Waals surface area contributed by atoms with Crippen LogP contribution in [-0.2, 0) is 4.79 Å². The van der Waals surface area contributed by atoms with Gasteiger partial charge in [0.1, 0.15) is 11.5 Å². The van der Waals surface area contributed by atoms with Crippen molar-refractivity contribution in [2.24, 2.45) is 5.92 Å². The van der Waals surface area contributed by atoms with Crippen LogP contribution in [0.4, 0.5) is 0 Å². The highest BCUT2D eigenvalue weighted by molar-refractivity contribution is 6.05. The van der Waals surface area contributed by atoms with Gasteiger partial charge in [0.15, 0.2) is 0 Å². The molecule has 1 atom stereocenters. The molecule has 30 heavy (non-hydrogen) atoms. The topological polar surface area (TPSA) is 71.3 Å². The van der Waals surface area contributed by atoms with Gasteiger partial charge in [-0.3, -0.25) is 9.59 Å². The molecule has 5 nitrogen and oxygen atoms in total.